The molecule has 0 saturated carbocycles. The van der Waals surface area contributed by atoms with Crippen molar-refractivity contribution in [2.45, 2.75) is 11.7 Å². The topological polar surface area (TPSA) is 102 Å². The first kappa shape index (κ1) is 20.4. The van der Waals surface area contributed by atoms with E-state index in [4.69, 9.17) is 21.4 Å². The van der Waals surface area contributed by atoms with Gasteiger partial charge in [0.05, 0.1) is 31.4 Å². The maximum Gasteiger partial charge on any atom is 0.271 e. The first-order chi connectivity index (χ1) is 14.5. The fourth-order valence-corrected chi connectivity index (χ4v) is 4.68. The van der Waals surface area contributed by atoms with Crippen molar-refractivity contribution in [3.63, 3.8) is 0 Å². The average Bonchev–Trinajstić information content (AvgIpc) is 3.38. The number of hydrogen-bond acceptors (Lipinski definition) is 8. The third-order valence-corrected chi connectivity index (χ3v) is 6.35. The lowest BCUT2D eigenvalue weighted by molar-refractivity contribution is -0.118. The number of fused-ring (bicyclic) bond motifs is 1. The molecule has 8 nitrogen and oxygen atoms in total. The number of hydrogen-bond donors (Lipinski definition) is 2. The van der Waals surface area contributed by atoms with Gasteiger partial charge in [0, 0.05) is 6.07 Å². The molecule has 2 N–H and O–H groups in total. The molecule has 0 saturated heterocycles. The molecule has 0 aliphatic heterocycles. The van der Waals surface area contributed by atoms with E-state index in [0.717, 1.165) is 17.4 Å². The average molecular weight is 461 g/mol. The van der Waals surface area contributed by atoms with Crippen molar-refractivity contribution in [2.24, 2.45) is 0 Å². The Morgan fingerprint density at radius 3 is 3.03 bits per heavy atom. The highest BCUT2D eigenvalue weighted by Crippen LogP contribution is 2.26. The van der Waals surface area contributed by atoms with Crippen LogP contribution in [0.25, 0.3) is 16.0 Å². The van der Waals surface area contributed by atoms with Crippen LogP contribution >= 0.6 is 35.3 Å². The van der Waals surface area contributed by atoms with Crippen LogP contribution in [-0.2, 0) is 11.3 Å². The third-order valence-electron chi connectivity index (χ3n) is 4.11. The molecular weight excluding hydrogens is 444 g/mol. The number of aromatic amines is 1. The molecular formula is C19H16N4O4S3. The van der Waals surface area contributed by atoms with Crippen LogP contribution in [-0.4, -0.2) is 33.3 Å². The second-order valence-corrected chi connectivity index (χ2v) is 8.68. The summed E-state index contributed by atoms with van der Waals surface area (Å²) in [5.74, 6) is 1.23. The van der Waals surface area contributed by atoms with Gasteiger partial charge in [0.25, 0.3) is 5.56 Å². The van der Waals surface area contributed by atoms with Gasteiger partial charge in [-0.15, -0.1) is 0 Å². The zero-order chi connectivity index (χ0) is 21.1. The number of methoxy groups -OCH3 is 1. The highest BCUT2D eigenvalue weighted by molar-refractivity contribution is 7.99. The first-order valence-electron chi connectivity index (χ1n) is 8.77. The lowest BCUT2D eigenvalue weighted by Crippen LogP contribution is -2.24. The predicted molar refractivity (Wildman–Crippen MR) is 118 cm³/mol. The Bertz CT molecular complexity index is 1310. The normalized spacial score (nSPS) is 11.0. The van der Waals surface area contributed by atoms with Crippen LogP contribution in [0.2, 0.25) is 0 Å². The molecule has 3 heterocycles. The van der Waals surface area contributed by atoms with Crippen molar-refractivity contribution in [1.82, 2.24) is 19.9 Å². The van der Waals surface area contributed by atoms with Crippen LogP contribution in [0, 0.1) is 3.95 Å². The van der Waals surface area contributed by atoms with Crippen LogP contribution in [0.5, 0.6) is 5.75 Å². The number of aromatic nitrogens is 3. The van der Waals surface area contributed by atoms with Crippen LogP contribution in [0.1, 0.15) is 5.76 Å². The minimum Gasteiger partial charge on any atom is -0.497 e. The zero-order valence-electron chi connectivity index (χ0n) is 15.7. The third kappa shape index (κ3) is 4.32. The number of amides is 1. The van der Waals surface area contributed by atoms with Gasteiger partial charge in [-0.1, -0.05) is 29.2 Å². The quantitative estimate of drug-likeness (QED) is 0.247. The lowest BCUT2D eigenvalue weighted by atomic mass is 10.3. The molecule has 0 spiro atoms. The summed E-state index contributed by atoms with van der Waals surface area (Å²) in [6.45, 7) is 0.301. The molecule has 1 amide bonds. The Hall–Kier alpha value is -2.89. The molecule has 30 heavy (non-hydrogen) atoms. The van der Waals surface area contributed by atoms with E-state index in [2.05, 4.69) is 15.3 Å². The molecule has 11 heteroatoms. The highest BCUT2D eigenvalue weighted by Gasteiger charge is 2.15. The SMILES string of the molecule is COc1cccc(-n2c(=S)sc3c(=O)[nH]c(SCC(=O)NCc4ccco4)nc32)c1. The Kier molecular flexibility index (Phi) is 6.02. The number of carbonyl (C=O) groups excluding carboxylic acids is 1. The minimum atomic E-state index is -0.295. The smallest absolute Gasteiger partial charge is 0.271 e. The van der Waals surface area contributed by atoms with E-state index in [0.29, 0.717) is 37.5 Å². The van der Waals surface area contributed by atoms with E-state index >= 15 is 0 Å². The van der Waals surface area contributed by atoms with Gasteiger partial charge in [0.1, 0.15) is 16.2 Å². The number of nitrogens with one attached hydrogen (secondary N) is 2. The van der Waals surface area contributed by atoms with Crippen molar-refractivity contribution in [1.29, 1.82) is 0 Å². The molecule has 0 unspecified atom stereocenters. The van der Waals surface area contributed by atoms with Gasteiger partial charge in [0.15, 0.2) is 14.8 Å². The molecule has 0 aliphatic rings. The summed E-state index contributed by atoms with van der Waals surface area (Å²) in [6.07, 6.45) is 1.55. The van der Waals surface area contributed by atoms with Crippen LogP contribution in [0.4, 0.5) is 0 Å². The number of ether oxygens (including phenoxy) is 1. The largest absolute Gasteiger partial charge is 0.497 e. The maximum atomic E-state index is 12.5. The number of nitrogens with zero attached hydrogens (tertiary/aromatic N) is 2. The van der Waals surface area contributed by atoms with Gasteiger partial charge in [0.2, 0.25) is 5.91 Å². The Balaban J connectivity index is 1.58. The summed E-state index contributed by atoms with van der Waals surface area (Å²) in [5.41, 5.74) is 0.896. The summed E-state index contributed by atoms with van der Waals surface area (Å²) in [7, 11) is 1.58. The fourth-order valence-electron chi connectivity index (χ4n) is 2.72. The number of furan rings is 1. The second kappa shape index (κ2) is 8.86. The Morgan fingerprint density at radius 1 is 1.40 bits per heavy atom. The Morgan fingerprint density at radius 2 is 2.27 bits per heavy atom. The molecule has 3 aromatic heterocycles. The summed E-state index contributed by atoms with van der Waals surface area (Å²) in [4.78, 5) is 31.9. The van der Waals surface area contributed by atoms with E-state index < -0.39 is 0 Å². The summed E-state index contributed by atoms with van der Waals surface area (Å²) < 4.78 is 13.1. The van der Waals surface area contributed by atoms with Gasteiger partial charge < -0.3 is 19.5 Å². The first-order valence-corrected chi connectivity index (χ1v) is 11.0. The number of thiazole rings is 1. The van der Waals surface area contributed by atoms with Crippen molar-refractivity contribution in [3.8, 4) is 11.4 Å². The van der Waals surface area contributed by atoms with E-state index in [1.54, 1.807) is 30.1 Å². The van der Waals surface area contributed by atoms with Crippen molar-refractivity contribution in [2.75, 3.05) is 12.9 Å². The minimum absolute atomic E-state index is 0.0964. The van der Waals surface area contributed by atoms with Gasteiger partial charge >= 0.3 is 0 Å². The Labute approximate surface area is 183 Å². The van der Waals surface area contributed by atoms with Crippen LogP contribution < -0.4 is 15.6 Å². The monoisotopic (exact) mass is 460 g/mol. The number of H-pyrrole nitrogens is 1. The summed E-state index contributed by atoms with van der Waals surface area (Å²) in [6, 6.07) is 10.9. The molecule has 1 aromatic carbocycles. The van der Waals surface area contributed by atoms with Crippen LogP contribution in [0.15, 0.2) is 57.0 Å². The van der Waals surface area contributed by atoms with Gasteiger partial charge in [-0.25, -0.2) is 4.98 Å². The van der Waals surface area contributed by atoms with Crippen molar-refractivity contribution >= 4 is 51.6 Å². The van der Waals surface area contributed by atoms with Crippen LogP contribution in [0.3, 0.4) is 0 Å². The number of benzene rings is 1. The van der Waals surface area contributed by atoms with E-state index in [9.17, 15) is 9.59 Å². The highest BCUT2D eigenvalue weighted by atomic mass is 32.2. The molecule has 4 aromatic rings. The van der Waals surface area contributed by atoms with Crippen molar-refractivity contribution in [3.05, 3.63) is 62.7 Å². The summed E-state index contributed by atoms with van der Waals surface area (Å²) in [5, 5.41) is 3.09. The zero-order valence-corrected chi connectivity index (χ0v) is 18.2. The molecule has 154 valence electrons. The number of carbonyl (C=O) groups is 1. The molecule has 0 bridgehead atoms. The van der Waals surface area contributed by atoms with E-state index in [1.807, 2.05) is 24.3 Å². The molecule has 4 rings (SSSR count). The van der Waals surface area contributed by atoms with E-state index in [1.165, 1.54) is 11.3 Å². The standard InChI is InChI=1S/C19H16N4O4S3/c1-26-12-5-2-4-11(8-12)23-16-15(30-19(23)28)17(25)22-18(21-16)29-10-14(24)20-9-13-6-3-7-27-13/h2-8H,9-10H2,1H3,(H,20,24)(H,21,22,25). The maximum absolute atomic E-state index is 12.5. The molecule has 0 atom stereocenters. The van der Waals surface area contributed by atoms with E-state index in [-0.39, 0.29) is 17.2 Å². The van der Waals surface area contributed by atoms with Gasteiger partial charge in [-0.3, -0.25) is 14.2 Å². The summed E-state index contributed by atoms with van der Waals surface area (Å²) >= 11 is 7.79. The number of rotatable bonds is 7. The lowest BCUT2D eigenvalue weighted by Gasteiger charge is -2.07. The molecule has 0 radical (unpaired) electrons. The van der Waals surface area contributed by atoms with Gasteiger partial charge in [-0.05, 0) is 36.5 Å². The fraction of sp³-hybridized carbons (Fsp3) is 0.158. The molecule has 0 aliphatic carbocycles. The molecule has 0 fully saturated rings. The second-order valence-electron chi connectivity index (χ2n) is 6.07. The number of thioether (sulfide) groups is 1. The van der Waals surface area contributed by atoms with Gasteiger partial charge in [-0.2, -0.15) is 0 Å². The predicted octanol–water partition coefficient (Wildman–Crippen LogP) is 3.51. The van der Waals surface area contributed by atoms with Crippen molar-refractivity contribution < 1.29 is 13.9 Å².